The van der Waals surface area contributed by atoms with Gasteiger partial charge in [-0.15, -0.1) is 0 Å². The topological polar surface area (TPSA) is 66.9 Å². The largest absolute Gasteiger partial charge is 0.322 e. The van der Waals surface area contributed by atoms with E-state index in [1.807, 2.05) is 39.0 Å². The van der Waals surface area contributed by atoms with Gasteiger partial charge < -0.3 is 10.6 Å². The zero-order valence-electron chi connectivity index (χ0n) is 15.1. The molecule has 0 aliphatic heterocycles. The van der Waals surface area contributed by atoms with E-state index in [9.17, 15) is 9.18 Å². The van der Waals surface area contributed by atoms with Crippen molar-refractivity contribution >= 4 is 22.6 Å². The number of amides is 1. The first-order chi connectivity index (χ1) is 12.5. The first-order valence-corrected chi connectivity index (χ1v) is 8.53. The zero-order chi connectivity index (χ0) is 18.7. The summed E-state index contributed by atoms with van der Waals surface area (Å²) >= 11 is 0. The van der Waals surface area contributed by atoms with Gasteiger partial charge in [-0.3, -0.25) is 4.79 Å². The fraction of sp³-hybridized carbons (Fsp3) is 0.250. The Kier molecular flexibility index (Phi) is 5.23. The Morgan fingerprint density at radius 2 is 1.88 bits per heavy atom. The van der Waals surface area contributed by atoms with Crippen molar-refractivity contribution in [1.29, 1.82) is 0 Å². The van der Waals surface area contributed by atoms with E-state index in [2.05, 4.69) is 20.6 Å². The summed E-state index contributed by atoms with van der Waals surface area (Å²) < 4.78 is 14.0. The third-order valence-electron chi connectivity index (χ3n) is 4.15. The lowest BCUT2D eigenvalue weighted by Gasteiger charge is -2.10. The lowest BCUT2D eigenvalue weighted by Crippen LogP contribution is -2.15. The van der Waals surface area contributed by atoms with E-state index in [0.29, 0.717) is 34.7 Å². The molecule has 2 aromatic carbocycles. The zero-order valence-corrected chi connectivity index (χ0v) is 15.1. The number of rotatable bonds is 5. The average molecular weight is 352 g/mol. The average Bonchev–Trinajstić information content (AvgIpc) is 2.61. The van der Waals surface area contributed by atoms with Crippen LogP contribution in [-0.4, -0.2) is 22.4 Å². The molecule has 0 saturated carbocycles. The highest BCUT2D eigenvalue weighted by Gasteiger charge is 2.16. The predicted octanol–water partition coefficient (Wildman–Crippen LogP) is 3.75. The van der Waals surface area contributed by atoms with E-state index < -0.39 is 11.7 Å². The molecule has 0 unspecified atom stereocenters. The van der Waals surface area contributed by atoms with Crippen LogP contribution in [0.1, 0.15) is 34.2 Å². The van der Waals surface area contributed by atoms with Crippen molar-refractivity contribution in [3.8, 4) is 0 Å². The van der Waals surface area contributed by atoms with Crippen molar-refractivity contribution in [3.63, 3.8) is 0 Å². The van der Waals surface area contributed by atoms with Crippen molar-refractivity contribution in [2.24, 2.45) is 0 Å². The third-order valence-corrected chi connectivity index (χ3v) is 4.15. The van der Waals surface area contributed by atoms with E-state index in [0.717, 1.165) is 12.1 Å². The van der Waals surface area contributed by atoms with Crippen molar-refractivity contribution in [3.05, 3.63) is 64.7 Å². The summed E-state index contributed by atoms with van der Waals surface area (Å²) in [5.74, 6) is -0.922. The molecule has 0 atom stereocenters. The molecule has 6 heteroatoms. The number of anilines is 1. The predicted molar refractivity (Wildman–Crippen MR) is 101 cm³/mol. The van der Waals surface area contributed by atoms with E-state index in [1.165, 1.54) is 12.1 Å². The van der Waals surface area contributed by atoms with Crippen molar-refractivity contribution in [2.75, 3.05) is 11.9 Å². The van der Waals surface area contributed by atoms with Crippen LogP contribution in [0.2, 0.25) is 0 Å². The fourth-order valence-electron chi connectivity index (χ4n) is 2.70. The SMILES string of the molecule is CCNCc1cccc(NC(=O)c2cc(F)cc3nc(C)c(C)nc23)c1. The highest BCUT2D eigenvalue weighted by Crippen LogP contribution is 2.21. The lowest BCUT2D eigenvalue weighted by atomic mass is 10.1. The summed E-state index contributed by atoms with van der Waals surface area (Å²) in [5, 5.41) is 6.07. The van der Waals surface area contributed by atoms with Crippen LogP contribution in [0.15, 0.2) is 36.4 Å². The van der Waals surface area contributed by atoms with Crippen LogP contribution in [0.4, 0.5) is 10.1 Å². The van der Waals surface area contributed by atoms with Gasteiger partial charge in [0.1, 0.15) is 11.3 Å². The molecule has 1 amide bonds. The van der Waals surface area contributed by atoms with Gasteiger partial charge in [0, 0.05) is 18.3 Å². The van der Waals surface area contributed by atoms with Crippen LogP contribution in [0, 0.1) is 19.7 Å². The molecule has 1 aromatic heterocycles. The van der Waals surface area contributed by atoms with Crippen molar-refractivity contribution in [2.45, 2.75) is 27.3 Å². The number of halogens is 1. The van der Waals surface area contributed by atoms with Gasteiger partial charge in [-0.2, -0.15) is 0 Å². The molecule has 3 rings (SSSR count). The molecule has 0 bridgehead atoms. The van der Waals surface area contributed by atoms with Gasteiger partial charge in [-0.1, -0.05) is 19.1 Å². The fourth-order valence-corrected chi connectivity index (χ4v) is 2.70. The molecule has 5 nitrogen and oxygen atoms in total. The number of fused-ring (bicyclic) bond motifs is 1. The third kappa shape index (κ3) is 3.86. The lowest BCUT2D eigenvalue weighted by molar-refractivity contribution is 0.102. The first kappa shape index (κ1) is 17.9. The Bertz CT molecular complexity index is 971. The number of nitrogens with one attached hydrogen (secondary N) is 2. The molecule has 0 spiro atoms. The standard InChI is InChI=1S/C20H21FN4O/c1-4-22-11-14-6-5-7-16(8-14)25-20(26)17-9-15(21)10-18-19(17)24-13(3)12(2)23-18/h5-10,22H,4,11H2,1-3H3,(H,25,26). The van der Waals surface area contributed by atoms with E-state index in [-0.39, 0.29) is 5.56 Å². The maximum absolute atomic E-state index is 14.0. The molecule has 2 N–H and O–H groups in total. The molecule has 0 radical (unpaired) electrons. The maximum Gasteiger partial charge on any atom is 0.258 e. The van der Waals surface area contributed by atoms with Gasteiger partial charge in [0.05, 0.1) is 22.5 Å². The quantitative estimate of drug-likeness (QED) is 0.734. The summed E-state index contributed by atoms with van der Waals surface area (Å²) in [6, 6.07) is 10.0. The minimum atomic E-state index is -0.513. The molecule has 134 valence electrons. The molecule has 0 aliphatic carbocycles. The summed E-state index contributed by atoms with van der Waals surface area (Å²) in [7, 11) is 0. The van der Waals surface area contributed by atoms with Crippen molar-refractivity contribution in [1.82, 2.24) is 15.3 Å². The Morgan fingerprint density at radius 3 is 2.65 bits per heavy atom. The highest BCUT2D eigenvalue weighted by molar-refractivity contribution is 6.11. The molecular weight excluding hydrogens is 331 g/mol. The van der Waals surface area contributed by atoms with Crippen LogP contribution < -0.4 is 10.6 Å². The normalized spacial score (nSPS) is 10.9. The van der Waals surface area contributed by atoms with Gasteiger partial charge in [0.15, 0.2) is 0 Å². The number of aryl methyl sites for hydroxylation is 2. The minimum Gasteiger partial charge on any atom is -0.322 e. The second kappa shape index (κ2) is 7.58. The minimum absolute atomic E-state index is 0.174. The highest BCUT2D eigenvalue weighted by atomic mass is 19.1. The van der Waals surface area contributed by atoms with Crippen molar-refractivity contribution < 1.29 is 9.18 Å². The van der Waals surface area contributed by atoms with Gasteiger partial charge in [-0.05, 0) is 44.2 Å². The first-order valence-electron chi connectivity index (χ1n) is 8.53. The van der Waals surface area contributed by atoms with Crippen LogP contribution in [-0.2, 0) is 6.54 Å². The summed E-state index contributed by atoms with van der Waals surface area (Å²) in [5.41, 5.74) is 4.08. The van der Waals surface area contributed by atoms with Gasteiger partial charge in [0.25, 0.3) is 5.91 Å². The summed E-state index contributed by atoms with van der Waals surface area (Å²) in [4.78, 5) is 21.5. The maximum atomic E-state index is 14.0. The number of hydrogen-bond acceptors (Lipinski definition) is 4. The van der Waals surface area contributed by atoms with Gasteiger partial charge in [0.2, 0.25) is 0 Å². The molecule has 0 fully saturated rings. The molecule has 1 heterocycles. The molecule has 3 aromatic rings. The molecule has 0 aliphatic rings. The van der Waals surface area contributed by atoms with E-state index in [4.69, 9.17) is 0 Å². The number of benzene rings is 2. The Labute approximate surface area is 151 Å². The number of carbonyl (C=O) groups excluding carboxylic acids is 1. The van der Waals surface area contributed by atoms with Gasteiger partial charge >= 0.3 is 0 Å². The Morgan fingerprint density at radius 1 is 1.12 bits per heavy atom. The smallest absolute Gasteiger partial charge is 0.258 e. The number of carbonyl (C=O) groups is 1. The molecular formula is C20H21FN4O. The van der Waals surface area contributed by atoms with Crippen LogP contribution >= 0.6 is 0 Å². The van der Waals surface area contributed by atoms with Crippen LogP contribution in [0.25, 0.3) is 11.0 Å². The van der Waals surface area contributed by atoms with E-state index >= 15 is 0 Å². The van der Waals surface area contributed by atoms with Gasteiger partial charge in [-0.25, -0.2) is 14.4 Å². The second-order valence-corrected chi connectivity index (χ2v) is 6.15. The monoisotopic (exact) mass is 352 g/mol. The molecule has 0 saturated heterocycles. The number of hydrogen-bond donors (Lipinski definition) is 2. The number of nitrogens with zero attached hydrogens (tertiary/aromatic N) is 2. The van der Waals surface area contributed by atoms with E-state index in [1.54, 1.807) is 6.07 Å². The second-order valence-electron chi connectivity index (χ2n) is 6.15. The van der Waals surface area contributed by atoms with Crippen LogP contribution in [0.5, 0.6) is 0 Å². The van der Waals surface area contributed by atoms with Crippen LogP contribution in [0.3, 0.4) is 0 Å². The Balaban J connectivity index is 1.94. The molecule has 26 heavy (non-hydrogen) atoms. The summed E-state index contributed by atoms with van der Waals surface area (Å²) in [6.07, 6.45) is 0. The number of aromatic nitrogens is 2. The Hall–Kier alpha value is -2.86. The summed E-state index contributed by atoms with van der Waals surface area (Å²) in [6.45, 7) is 7.24.